The maximum atomic E-state index is 12.8. The van der Waals surface area contributed by atoms with Crippen LogP contribution in [0.2, 0.25) is 0 Å². The Morgan fingerprint density at radius 1 is 1.16 bits per heavy atom. The summed E-state index contributed by atoms with van der Waals surface area (Å²) in [5, 5.41) is 3.28. The molecule has 3 rings (SSSR count). The molecule has 0 saturated heterocycles. The van der Waals surface area contributed by atoms with E-state index in [0.29, 0.717) is 6.54 Å². The van der Waals surface area contributed by atoms with Crippen LogP contribution in [-0.4, -0.2) is 9.38 Å². The number of nitrogens with one attached hydrogen (secondary N) is 1. The van der Waals surface area contributed by atoms with Crippen molar-refractivity contribution >= 4 is 11.3 Å². The van der Waals surface area contributed by atoms with E-state index in [1.54, 1.807) is 12.1 Å². The van der Waals surface area contributed by atoms with E-state index in [2.05, 4.69) is 14.7 Å². The molecule has 0 aliphatic carbocycles. The zero-order valence-corrected chi connectivity index (χ0v) is 10.6. The lowest BCUT2D eigenvalue weighted by Gasteiger charge is -2.07. The second kappa shape index (κ2) is 4.72. The highest BCUT2D eigenvalue weighted by atomic mass is 19.1. The van der Waals surface area contributed by atoms with Gasteiger partial charge in [-0.3, -0.25) is 0 Å². The van der Waals surface area contributed by atoms with Gasteiger partial charge in [0.1, 0.15) is 11.5 Å². The van der Waals surface area contributed by atoms with Gasteiger partial charge in [-0.25, -0.2) is 9.37 Å². The van der Waals surface area contributed by atoms with Crippen LogP contribution in [0.15, 0.2) is 48.7 Å². The van der Waals surface area contributed by atoms with Crippen LogP contribution in [0.5, 0.6) is 0 Å². The van der Waals surface area contributed by atoms with Crippen LogP contribution in [0.4, 0.5) is 10.1 Å². The molecule has 96 valence electrons. The van der Waals surface area contributed by atoms with Gasteiger partial charge in [0.25, 0.3) is 0 Å². The summed E-state index contributed by atoms with van der Waals surface area (Å²) in [6.45, 7) is 2.65. The smallest absolute Gasteiger partial charge is 0.137 e. The molecule has 0 radical (unpaired) electrons. The fourth-order valence-corrected chi connectivity index (χ4v) is 2.13. The Morgan fingerprint density at radius 3 is 2.74 bits per heavy atom. The number of pyridine rings is 1. The summed E-state index contributed by atoms with van der Waals surface area (Å²) in [6.07, 6.45) is 2.00. The summed E-state index contributed by atoms with van der Waals surface area (Å²) >= 11 is 0. The van der Waals surface area contributed by atoms with Crippen molar-refractivity contribution in [2.24, 2.45) is 0 Å². The summed E-state index contributed by atoms with van der Waals surface area (Å²) in [5.74, 6) is -0.225. The first kappa shape index (κ1) is 11.7. The van der Waals surface area contributed by atoms with Gasteiger partial charge in [0.05, 0.1) is 17.9 Å². The number of aryl methyl sites for hydroxylation is 1. The van der Waals surface area contributed by atoms with Gasteiger partial charge in [-0.05, 0) is 43.3 Å². The van der Waals surface area contributed by atoms with E-state index in [4.69, 9.17) is 0 Å². The lowest BCUT2D eigenvalue weighted by molar-refractivity contribution is 0.628. The normalized spacial score (nSPS) is 10.8. The lowest BCUT2D eigenvalue weighted by Crippen LogP contribution is -2.03. The number of benzene rings is 1. The Balaban J connectivity index is 1.85. The van der Waals surface area contributed by atoms with Gasteiger partial charge in [0, 0.05) is 11.9 Å². The molecule has 0 aliphatic heterocycles. The highest BCUT2D eigenvalue weighted by Gasteiger charge is 2.07. The van der Waals surface area contributed by atoms with Gasteiger partial charge in [-0.2, -0.15) is 0 Å². The topological polar surface area (TPSA) is 29.3 Å². The van der Waals surface area contributed by atoms with Gasteiger partial charge >= 0.3 is 0 Å². The maximum absolute atomic E-state index is 12.8. The van der Waals surface area contributed by atoms with E-state index in [9.17, 15) is 4.39 Å². The van der Waals surface area contributed by atoms with E-state index < -0.39 is 0 Å². The largest absolute Gasteiger partial charge is 0.379 e. The van der Waals surface area contributed by atoms with Gasteiger partial charge in [-0.1, -0.05) is 6.07 Å². The molecule has 0 atom stereocenters. The number of nitrogens with zero attached hydrogens (tertiary/aromatic N) is 2. The van der Waals surface area contributed by atoms with Crippen LogP contribution in [0.3, 0.4) is 0 Å². The van der Waals surface area contributed by atoms with E-state index in [-0.39, 0.29) is 5.82 Å². The van der Waals surface area contributed by atoms with Crippen molar-refractivity contribution in [1.29, 1.82) is 0 Å². The highest BCUT2D eigenvalue weighted by molar-refractivity contribution is 5.46. The molecule has 1 N–H and O–H groups in total. The molecule has 0 fully saturated rings. The molecule has 19 heavy (non-hydrogen) atoms. The number of hydrogen-bond donors (Lipinski definition) is 1. The summed E-state index contributed by atoms with van der Waals surface area (Å²) < 4.78 is 14.9. The first-order valence-corrected chi connectivity index (χ1v) is 6.16. The molecule has 0 unspecified atom stereocenters. The van der Waals surface area contributed by atoms with E-state index in [1.165, 1.54) is 12.1 Å². The zero-order chi connectivity index (χ0) is 13.2. The summed E-state index contributed by atoms with van der Waals surface area (Å²) in [7, 11) is 0. The van der Waals surface area contributed by atoms with Crippen LogP contribution < -0.4 is 5.32 Å². The SMILES string of the molecule is Cc1nc2ccccn2c1CNc1ccc(F)cc1. The Kier molecular flexibility index (Phi) is 2.91. The monoisotopic (exact) mass is 255 g/mol. The van der Waals surface area contributed by atoms with Crippen LogP contribution in [-0.2, 0) is 6.54 Å². The van der Waals surface area contributed by atoms with E-state index >= 15 is 0 Å². The van der Waals surface area contributed by atoms with Crippen LogP contribution in [0.25, 0.3) is 5.65 Å². The lowest BCUT2D eigenvalue weighted by atomic mass is 10.3. The minimum absolute atomic E-state index is 0.225. The number of halogens is 1. The molecule has 0 aliphatic rings. The predicted octanol–water partition coefficient (Wildman–Crippen LogP) is 3.39. The molecule has 4 heteroatoms. The average molecular weight is 255 g/mol. The molecule has 0 amide bonds. The third kappa shape index (κ3) is 2.29. The number of imidazole rings is 1. The van der Waals surface area contributed by atoms with Crippen molar-refractivity contribution in [3.8, 4) is 0 Å². The van der Waals surface area contributed by atoms with E-state index in [0.717, 1.165) is 22.7 Å². The number of hydrogen-bond acceptors (Lipinski definition) is 2. The van der Waals surface area contributed by atoms with Crippen molar-refractivity contribution in [3.63, 3.8) is 0 Å². The number of aromatic nitrogens is 2. The first-order chi connectivity index (χ1) is 9.24. The Labute approximate surface area is 110 Å². The fourth-order valence-electron chi connectivity index (χ4n) is 2.13. The van der Waals surface area contributed by atoms with Crippen molar-refractivity contribution < 1.29 is 4.39 Å². The Morgan fingerprint density at radius 2 is 1.95 bits per heavy atom. The van der Waals surface area contributed by atoms with Crippen molar-refractivity contribution in [2.45, 2.75) is 13.5 Å². The summed E-state index contributed by atoms with van der Waals surface area (Å²) in [6, 6.07) is 12.3. The van der Waals surface area contributed by atoms with Gasteiger partial charge < -0.3 is 9.72 Å². The third-order valence-electron chi connectivity index (χ3n) is 3.13. The first-order valence-electron chi connectivity index (χ1n) is 6.16. The van der Waals surface area contributed by atoms with Gasteiger partial charge in [-0.15, -0.1) is 0 Å². The summed E-state index contributed by atoms with van der Waals surface area (Å²) in [5.41, 5.74) is 3.95. The number of rotatable bonds is 3. The third-order valence-corrected chi connectivity index (χ3v) is 3.13. The molecule has 3 aromatic rings. The Hall–Kier alpha value is -2.36. The van der Waals surface area contributed by atoms with Crippen molar-refractivity contribution in [2.75, 3.05) is 5.32 Å². The second-order valence-electron chi connectivity index (χ2n) is 4.43. The quantitative estimate of drug-likeness (QED) is 0.777. The Bertz CT molecular complexity index is 701. The van der Waals surface area contributed by atoms with Gasteiger partial charge in [0.15, 0.2) is 0 Å². The predicted molar refractivity (Wildman–Crippen MR) is 73.7 cm³/mol. The molecule has 0 spiro atoms. The maximum Gasteiger partial charge on any atom is 0.137 e. The standard InChI is InChI=1S/C15H14FN3/c1-11-14(19-9-3-2-4-15(19)18-11)10-17-13-7-5-12(16)6-8-13/h2-9,17H,10H2,1H3. The van der Waals surface area contributed by atoms with Crippen molar-refractivity contribution in [3.05, 3.63) is 65.9 Å². The molecule has 2 aromatic heterocycles. The average Bonchev–Trinajstić information content (AvgIpc) is 2.74. The molecule has 2 heterocycles. The minimum Gasteiger partial charge on any atom is -0.379 e. The van der Waals surface area contributed by atoms with Crippen LogP contribution in [0, 0.1) is 12.7 Å². The molecular weight excluding hydrogens is 241 g/mol. The van der Waals surface area contributed by atoms with Crippen LogP contribution in [0.1, 0.15) is 11.4 Å². The second-order valence-corrected chi connectivity index (χ2v) is 4.43. The van der Waals surface area contributed by atoms with Crippen LogP contribution >= 0.6 is 0 Å². The van der Waals surface area contributed by atoms with E-state index in [1.807, 2.05) is 31.3 Å². The minimum atomic E-state index is -0.225. The molecule has 1 aromatic carbocycles. The fraction of sp³-hybridized carbons (Fsp3) is 0.133. The molecule has 0 bridgehead atoms. The highest BCUT2D eigenvalue weighted by Crippen LogP contribution is 2.14. The van der Waals surface area contributed by atoms with Gasteiger partial charge in [0.2, 0.25) is 0 Å². The molecule has 0 saturated carbocycles. The molecular formula is C15H14FN3. The molecule has 3 nitrogen and oxygen atoms in total. The zero-order valence-electron chi connectivity index (χ0n) is 10.6. The number of fused-ring (bicyclic) bond motifs is 1. The number of anilines is 1. The van der Waals surface area contributed by atoms with Crippen molar-refractivity contribution in [1.82, 2.24) is 9.38 Å². The summed E-state index contributed by atoms with van der Waals surface area (Å²) in [4.78, 5) is 4.50.